The number of rotatable bonds is 8. The highest BCUT2D eigenvalue weighted by Crippen LogP contribution is 2.30. The molecule has 7 nitrogen and oxygen atoms in total. The first-order chi connectivity index (χ1) is 14.4. The maximum absolute atomic E-state index is 13.2. The second-order valence-electron chi connectivity index (χ2n) is 6.28. The van der Waals surface area contributed by atoms with Crippen molar-refractivity contribution in [2.24, 2.45) is 0 Å². The maximum Gasteiger partial charge on any atom is 0.251 e. The molecule has 0 unspecified atom stereocenters. The second-order valence-corrected chi connectivity index (χ2v) is 8.41. The molecule has 0 saturated carbocycles. The molecule has 1 amide bonds. The van der Waals surface area contributed by atoms with Crippen molar-refractivity contribution in [2.45, 2.75) is 10.1 Å². The lowest BCUT2D eigenvalue weighted by atomic mass is 10.2. The topological polar surface area (TPSA) is 94.8 Å². The van der Waals surface area contributed by atoms with Crippen LogP contribution in [0.4, 0.5) is 4.39 Å². The van der Waals surface area contributed by atoms with Crippen molar-refractivity contribution in [3.63, 3.8) is 0 Å². The van der Waals surface area contributed by atoms with Crippen LogP contribution in [0, 0.1) is 5.82 Å². The number of carbonyl (C=O) groups excluding carboxylic acids is 1. The minimum Gasteiger partial charge on any atom is -0.493 e. The normalized spacial score (nSPS) is 12.2. The Morgan fingerprint density at radius 3 is 2.37 bits per heavy atom. The average Bonchev–Trinajstić information content (AvgIpc) is 3.27. The molecule has 2 aromatic carbocycles. The molecule has 0 saturated heterocycles. The van der Waals surface area contributed by atoms with Crippen LogP contribution in [0.15, 0.2) is 70.2 Å². The fourth-order valence-corrected chi connectivity index (χ4v) is 4.48. The number of benzene rings is 2. The summed E-state index contributed by atoms with van der Waals surface area (Å²) in [5.41, 5.74) is 0.269. The zero-order chi connectivity index (χ0) is 21.7. The molecule has 1 N–H and O–H groups in total. The summed E-state index contributed by atoms with van der Waals surface area (Å²) < 4.78 is 55.0. The fraction of sp³-hybridized carbons (Fsp3) is 0.190. The predicted molar refractivity (Wildman–Crippen MR) is 107 cm³/mol. The minimum absolute atomic E-state index is 0.0781. The van der Waals surface area contributed by atoms with E-state index in [2.05, 4.69) is 5.32 Å². The quantitative estimate of drug-likeness (QED) is 0.548. The van der Waals surface area contributed by atoms with Gasteiger partial charge in [-0.3, -0.25) is 4.79 Å². The van der Waals surface area contributed by atoms with Crippen LogP contribution in [0.2, 0.25) is 0 Å². The van der Waals surface area contributed by atoms with Crippen LogP contribution in [0.3, 0.4) is 0 Å². The van der Waals surface area contributed by atoms with Crippen molar-refractivity contribution >= 4 is 15.7 Å². The van der Waals surface area contributed by atoms with Gasteiger partial charge in [0.25, 0.3) is 5.91 Å². The number of hydrogen-bond donors (Lipinski definition) is 1. The van der Waals surface area contributed by atoms with E-state index < -0.39 is 26.8 Å². The third-order valence-electron chi connectivity index (χ3n) is 4.47. The van der Waals surface area contributed by atoms with Crippen LogP contribution in [-0.4, -0.2) is 35.1 Å². The molecular formula is C21H20FNO6S. The minimum atomic E-state index is -3.96. The zero-order valence-electron chi connectivity index (χ0n) is 16.3. The number of sulfone groups is 1. The molecule has 0 aliphatic heterocycles. The first-order valence-corrected chi connectivity index (χ1v) is 10.4. The van der Waals surface area contributed by atoms with Crippen molar-refractivity contribution < 1.29 is 31.5 Å². The van der Waals surface area contributed by atoms with Crippen LogP contribution >= 0.6 is 0 Å². The van der Waals surface area contributed by atoms with E-state index in [9.17, 15) is 17.6 Å². The van der Waals surface area contributed by atoms with E-state index in [1.165, 1.54) is 50.8 Å². The molecular weight excluding hydrogens is 413 g/mol. The Morgan fingerprint density at radius 1 is 1.07 bits per heavy atom. The van der Waals surface area contributed by atoms with E-state index in [-0.39, 0.29) is 22.8 Å². The molecule has 1 heterocycles. The Morgan fingerprint density at radius 2 is 1.77 bits per heavy atom. The summed E-state index contributed by atoms with van der Waals surface area (Å²) in [6, 6.07) is 12.1. The van der Waals surface area contributed by atoms with Crippen LogP contribution in [0.25, 0.3) is 0 Å². The van der Waals surface area contributed by atoms with Gasteiger partial charge in [-0.25, -0.2) is 12.8 Å². The van der Waals surface area contributed by atoms with E-state index in [1.54, 1.807) is 12.1 Å². The Labute approximate surface area is 173 Å². The number of furan rings is 1. The van der Waals surface area contributed by atoms with Gasteiger partial charge in [0.15, 0.2) is 21.3 Å². The molecule has 3 rings (SSSR count). The molecule has 0 aliphatic rings. The molecule has 0 fully saturated rings. The van der Waals surface area contributed by atoms with Gasteiger partial charge in [0.05, 0.1) is 25.4 Å². The van der Waals surface area contributed by atoms with Gasteiger partial charge in [-0.2, -0.15) is 0 Å². The molecule has 9 heteroatoms. The lowest BCUT2D eigenvalue weighted by Crippen LogP contribution is -2.31. The van der Waals surface area contributed by atoms with Crippen molar-refractivity contribution in [1.29, 1.82) is 0 Å². The fourth-order valence-electron chi connectivity index (χ4n) is 2.89. The van der Waals surface area contributed by atoms with Crippen LogP contribution in [-0.2, 0) is 9.84 Å². The summed E-state index contributed by atoms with van der Waals surface area (Å²) in [6.45, 7) is -0.250. The number of amides is 1. The Balaban J connectivity index is 1.85. The van der Waals surface area contributed by atoms with Gasteiger partial charge in [0.2, 0.25) is 0 Å². The molecule has 158 valence electrons. The number of methoxy groups -OCH3 is 2. The Hall–Kier alpha value is -3.33. The Kier molecular flexibility index (Phi) is 6.41. The van der Waals surface area contributed by atoms with Crippen LogP contribution in [0.1, 0.15) is 21.4 Å². The number of hydrogen-bond acceptors (Lipinski definition) is 6. The molecule has 3 aromatic rings. The van der Waals surface area contributed by atoms with Crippen LogP contribution in [0.5, 0.6) is 11.5 Å². The first kappa shape index (κ1) is 21.4. The lowest BCUT2D eigenvalue weighted by Gasteiger charge is -2.17. The summed E-state index contributed by atoms with van der Waals surface area (Å²) >= 11 is 0. The van der Waals surface area contributed by atoms with Gasteiger partial charge in [0.1, 0.15) is 16.8 Å². The van der Waals surface area contributed by atoms with Gasteiger partial charge in [-0.1, -0.05) is 0 Å². The van der Waals surface area contributed by atoms with Gasteiger partial charge in [0, 0.05) is 12.1 Å². The molecule has 0 spiro atoms. The van der Waals surface area contributed by atoms with E-state index in [4.69, 9.17) is 13.9 Å². The molecule has 1 aromatic heterocycles. The lowest BCUT2D eigenvalue weighted by molar-refractivity contribution is 0.0953. The summed E-state index contributed by atoms with van der Waals surface area (Å²) in [7, 11) is -1.04. The van der Waals surface area contributed by atoms with Gasteiger partial charge >= 0.3 is 0 Å². The summed E-state index contributed by atoms with van der Waals surface area (Å²) in [4.78, 5) is 12.5. The van der Waals surface area contributed by atoms with E-state index in [0.717, 1.165) is 12.1 Å². The molecule has 0 bridgehead atoms. The summed E-state index contributed by atoms with van der Waals surface area (Å²) in [6.07, 6.45) is 1.35. The third-order valence-corrected chi connectivity index (χ3v) is 6.55. The van der Waals surface area contributed by atoms with Gasteiger partial charge in [-0.15, -0.1) is 0 Å². The smallest absolute Gasteiger partial charge is 0.251 e. The summed E-state index contributed by atoms with van der Waals surface area (Å²) in [5.74, 6) is -0.0629. The number of ether oxygens (including phenoxy) is 2. The zero-order valence-corrected chi connectivity index (χ0v) is 17.1. The molecule has 1 atom stereocenters. The standard InChI is InChI=1S/C21H20FNO6S/c1-27-17-10-5-14(12-19(17)28-2)21(24)23-13-20(18-4-3-11-29-18)30(25,26)16-8-6-15(22)7-9-16/h3-12,20H,13H2,1-2H3,(H,23,24)/t20-/m1/s1. The molecule has 0 radical (unpaired) electrons. The number of carbonyl (C=O) groups is 1. The van der Waals surface area contributed by atoms with E-state index in [1.807, 2.05) is 0 Å². The highest BCUT2D eigenvalue weighted by Gasteiger charge is 2.32. The van der Waals surface area contributed by atoms with E-state index >= 15 is 0 Å². The van der Waals surface area contributed by atoms with E-state index in [0.29, 0.717) is 11.5 Å². The molecule has 0 aliphatic carbocycles. The van der Waals surface area contributed by atoms with Crippen LogP contribution < -0.4 is 14.8 Å². The highest BCUT2D eigenvalue weighted by atomic mass is 32.2. The van der Waals surface area contributed by atoms with Crippen molar-refractivity contribution in [1.82, 2.24) is 5.32 Å². The van der Waals surface area contributed by atoms with Crippen molar-refractivity contribution in [2.75, 3.05) is 20.8 Å². The van der Waals surface area contributed by atoms with Gasteiger partial charge < -0.3 is 19.2 Å². The largest absolute Gasteiger partial charge is 0.493 e. The third kappa shape index (κ3) is 4.46. The van der Waals surface area contributed by atoms with Gasteiger partial charge in [-0.05, 0) is 54.6 Å². The number of nitrogens with one attached hydrogen (secondary N) is 1. The molecule has 30 heavy (non-hydrogen) atoms. The average molecular weight is 433 g/mol. The second kappa shape index (κ2) is 9.00. The monoisotopic (exact) mass is 433 g/mol. The summed E-state index contributed by atoms with van der Waals surface area (Å²) in [5, 5.41) is 1.42. The van der Waals surface area contributed by atoms with Crippen molar-refractivity contribution in [3.8, 4) is 11.5 Å². The Bertz CT molecular complexity index is 1110. The van der Waals surface area contributed by atoms with Crippen molar-refractivity contribution in [3.05, 3.63) is 78.0 Å². The predicted octanol–water partition coefficient (Wildman–Crippen LogP) is 3.38. The maximum atomic E-state index is 13.2. The first-order valence-electron chi connectivity index (χ1n) is 8.90. The highest BCUT2D eigenvalue weighted by molar-refractivity contribution is 7.91. The SMILES string of the molecule is COc1ccc(C(=O)NC[C@H](c2ccco2)S(=O)(=O)c2ccc(F)cc2)cc1OC. The number of halogens is 1.